The van der Waals surface area contributed by atoms with Crippen LogP contribution in [0, 0.1) is 0 Å². The first-order chi connectivity index (χ1) is 16.1. The van der Waals surface area contributed by atoms with Crippen LogP contribution in [0.15, 0.2) is 72.8 Å². The zero-order chi connectivity index (χ0) is 22.8. The Morgan fingerprint density at radius 2 is 1.79 bits per heavy atom. The van der Waals surface area contributed by atoms with Crippen molar-refractivity contribution in [2.24, 2.45) is 0 Å². The predicted molar refractivity (Wildman–Crippen MR) is 133 cm³/mol. The van der Waals surface area contributed by atoms with Crippen LogP contribution in [0.5, 0.6) is 0 Å². The third-order valence-corrected chi connectivity index (χ3v) is 7.88. The van der Waals surface area contributed by atoms with Crippen LogP contribution >= 0.6 is 23.4 Å². The van der Waals surface area contributed by atoms with Crippen LogP contribution in [0.3, 0.4) is 0 Å². The van der Waals surface area contributed by atoms with Gasteiger partial charge >= 0.3 is 0 Å². The number of fused-ring (bicyclic) bond motifs is 1. The van der Waals surface area contributed by atoms with E-state index >= 15 is 0 Å². The summed E-state index contributed by atoms with van der Waals surface area (Å²) in [6.07, 6.45) is 3.11. The van der Waals surface area contributed by atoms with E-state index in [4.69, 9.17) is 11.6 Å². The number of rotatable bonds is 5. The van der Waals surface area contributed by atoms with Crippen LogP contribution < -0.4 is 5.32 Å². The first kappa shape index (κ1) is 22.1. The highest BCUT2D eigenvalue weighted by Crippen LogP contribution is 2.39. The summed E-state index contributed by atoms with van der Waals surface area (Å²) < 4.78 is 0. The first-order valence-electron chi connectivity index (χ1n) is 11.2. The number of nitrogens with zero attached hydrogens (tertiary/aromatic N) is 1. The molecule has 1 fully saturated rings. The van der Waals surface area contributed by atoms with E-state index in [-0.39, 0.29) is 23.2 Å². The number of carbonyl (C=O) groups excluding carboxylic acids is 2. The molecule has 168 valence electrons. The van der Waals surface area contributed by atoms with Crippen LogP contribution in [0.2, 0.25) is 5.02 Å². The number of halogens is 1. The second-order valence-corrected chi connectivity index (χ2v) is 10.1. The lowest BCUT2D eigenvalue weighted by Gasteiger charge is -2.26. The molecule has 1 aliphatic heterocycles. The fraction of sp³-hybridized carbons (Fsp3) is 0.259. The minimum absolute atomic E-state index is 0.0556. The van der Waals surface area contributed by atoms with Gasteiger partial charge in [0.2, 0.25) is 5.91 Å². The Balaban J connectivity index is 1.28. The summed E-state index contributed by atoms with van der Waals surface area (Å²) in [5.74, 6) is 0.524. The lowest BCUT2D eigenvalue weighted by atomic mass is 9.87. The molecule has 3 aromatic carbocycles. The molecule has 1 saturated heterocycles. The van der Waals surface area contributed by atoms with Crippen molar-refractivity contribution in [3.05, 3.63) is 106 Å². The summed E-state index contributed by atoms with van der Waals surface area (Å²) in [5.41, 5.74) is 5.27. The van der Waals surface area contributed by atoms with Gasteiger partial charge in [-0.05, 0) is 65.8 Å². The number of amides is 2. The van der Waals surface area contributed by atoms with Crippen molar-refractivity contribution in [2.45, 2.75) is 37.2 Å². The highest BCUT2D eigenvalue weighted by Gasteiger charge is 2.33. The largest absolute Gasteiger partial charge is 0.345 e. The van der Waals surface area contributed by atoms with E-state index in [1.807, 2.05) is 59.5 Å². The molecule has 2 atom stereocenters. The van der Waals surface area contributed by atoms with Gasteiger partial charge in [-0.25, -0.2) is 0 Å². The lowest BCUT2D eigenvalue weighted by Crippen LogP contribution is -2.31. The molecule has 1 N–H and O–H groups in total. The molecule has 0 bridgehead atoms. The fourth-order valence-corrected chi connectivity index (χ4v) is 5.95. The van der Waals surface area contributed by atoms with Gasteiger partial charge in [0.1, 0.15) is 5.37 Å². The molecule has 6 heteroatoms. The highest BCUT2D eigenvalue weighted by atomic mass is 35.5. The van der Waals surface area contributed by atoms with E-state index in [1.54, 1.807) is 11.8 Å². The molecule has 2 aliphatic rings. The van der Waals surface area contributed by atoms with E-state index in [0.717, 1.165) is 30.4 Å². The van der Waals surface area contributed by atoms with Gasteiger partial charge in [0.25, 0.3) is 5.91 Å². The quantitative estimate of drug-likeness (QED) is 0.497. The van der Waals surface area contributed by atoms with Gasteiger partial charge in [-0.2, -0.15) is 0 Å². The molecule has 3 aromatic rings. The molecule has 4 nitrogen and oxygen atoms in total. The topological polar surface area (TPSA) is 49.4 Å². The Bertz CT molecular complexity index is 1160. The van der Waals surface area contributed by atoms with Crippen molar-refractivity contribution in [2.75, 3.05) is 5.75 Å². The van der Waals surface area contributed by atoms with E-state index < -0.39 is 0 Å². The minimum atomic E-state index is -0.0597. The van der Waals surface area contributed by atoms with Gasteiger partial charge in [-0.3, -0.25) is 9.59 Å². The third kappa shape index (κ3) is 4.80. The number of carbonyl (C=O) groups is 2. The van der Waals surface area contributed by atoms with Crippen LogP contribution in [0.4, 0.5) is 0 Å². The summed E-state index contributed by atoms with van der Waals surface area (Å²) in [6, 6.07) is 23.7. The molecule has 0 unspecified atom stereocenters. The van der Waals surface area contributed by atoms with Crippen LogP contribution in [0.25, 0.3) is 0 Å². The second-order valence-electron chi connectivity index (χ2n) is 8.55. The van der Waals surface area contributed by atoms with E-state index in [0.29, 0.717) is 22.9 Å². The number of hydrogen-bond donors (Lipinski definition) is 1. The molecule has 5 rings (SSSR count). The second kappa shape index (κ2) is 9.62. The lowest BCUT2D eigenvalue weighted by molar-refractivity contribution is -0.128. The SMILES string of the molecule is O=C(N[C@@H]1CCCc2ccccc21)c1ccc([C@H]2SCC(=O)N2Cc2ccc(Cl)cc2)cc1. The van der Waals surface area contributed by atoms with E-state index in [9.17, 15) is 9.59 Å². The number of benzene rings is 3. The summed E-state index contributed by atoms with van der Waals surface area (Å²) in [7, 11) is 0. The zero-order valence-electron chi connectivity index (χ0n) is 18.2. The van der Waals surface area contributed by atoms with Gasteiger partial charge in [0.05, 0.1) is 11.8 Å². The predicted octanol–water partition coefficient (Wildman–Crippen LogP) is 5.92. The van der Waals surface area contributed by atoms with Crippen LogP contribution in [-0.4, -0.2) is 22.5 Å². The van der Waals surface area contributed by atoms with Crippen LogP contribution in [0.1, 0.15) is 56.9 Å². The van der Waals surface area contributed by atoms with E-state index in [2.05, 4.69) is 23.5 Å². The Kier molecular flexibility index (Phi) is 6.43. The van der Waals surface area contributed by atoms with Crippen molar-refractivity contribution in [3.63, 3.8) is 0 Å². The van der Waals surface area contributed by atoms with Crippen molar-refractivity contribution in [1.82, 2.24) is 10.2 Å². The van der Waals surface area contributed by atoms with E-state index in [1.165, 1.54) is 11.1 Å². The van der Waals surface area contributed by atoms with Crippen molar-refractivity contribution >= 4 is 35.2 Å². The average molecular weight is 477 g/mol. The molecule has 0 aromatic heterocycles. The molecular formula is C27H25ClN2O2S. The third-order valence-electron chi connectivity index (χ3n) is 6.37. The Labute approximate surface area is 203 Å². The van der Waals surface area contributed by atoms with Crippen molar-refractivity contribution in [1.29, 1.82) is 0 Å². The number of nitrogens with one attached hydrogen (secondary N) is 1. The minimum Gasteiger partial charge on any atom is -0.345 e. The maximum atomic E-state index is 12.9. The molecule has 2 amide bonds. The molecule has 1 aliphatic carbocycles. The smallest absolute Gasteiger partial charge is 0.251 e. The van der Waals surface area contributed by atoms with Gasteiger partial charge in [0.15, 0.2) is 0 Å². The number of hydrogen-bond acceptors (Lipinski definition) is 3. The normalized spacial score (nSPS) is 19.9. The maximum Gasteiger partial charge on any atom is 0.251 e. The zero-order valence-corrected chi connectivity index (χ0v) is 19.7. The molecule has 0 spiro atoms. The maximum absolute atomic E-state index is 12.9. The molecule has 0 radical (unpaired) electrons. The van der Waals surface area contributed by atoms with Gasteiger partial charge < -0.3 is 10.2 Å². The van der Waals surface area contributed by atoms with Crippen LogP contribution in [-0.2, 0) is 17.8 Å². The first-order valence-corrected chi connectivity index (χ1v) is 12.7. The summed E-state index contributed by atoms with van der Waals surface area (Å²) in [4.78, 5) is 27.4. The highest BCUT2D eigenvalue weighted by molar-refractivity contribution is 8.00. The monoisotopic (exact) mass is 476 g/mol. The standard InChI is InChI=1S/C27H25ClN2O2S/c28-22-14-8-18(9-15-22)16-30-25(31)17-33-27(30)21-12-10-20(11-13-21)26(32)29-24-7-3-5-19-4-1-2-6-23(19)24/h1-2,4,6,8-15,24,27H,3,5,7,16-17H2,(H,29,32)/t24-,27-/m1/s1. The summed E-state index contributed by atoms with van der Waals surface area (Å²) in [5, 5.41) is 3.84. The summed E-state index contributed by atoms with van der Waals surface area (Å²) in [6.45, 7) is 0.539. The molecule has 33 heavy (non-hydrogen) atoms. The van der Waals surface area contributed by atoms with Crippen molar-refractivity contribution in [3.8, 4) is 0 Å². The average Bonchev–Trinajstić information content (AvgIpc) is 3.21. The molecule has 1 heterocycles. The van der Waals surface area contributed by atoms with Gasteiger partial charge in [-0.15, -0.1) is 11.8 Å². The number of thioether (sulfide) groups is 1. The Morgan fingerprint density at radius 3 is 2.58 bits per heavy atom. The molecule has 0 saturated carbocycles. The Morgan fingerprint density at radius 1 is 1.03 bits per heavy atom. The van der Waals surface area contributed by atoms with Crippen molar-refractivity contribution < 1.29 is 9.59 Å². The van der Waals surface area contributed by atoms with Gasteiger partial charge in [-0.1, -0.05) is 60.1 Å². The Hall–Kier alpha value is -2.76. The number of aryl methyl sites for hydroxylation is 1. The van der Waals surface area contributed by atoms with Gasteiger partial charge in [0, 0.05) is 17.1 Å². The molecular weight excluding hydrogens is 452 g/mol. The fourth-order valence-electron chi connectivity index (χ4n) is 4.63. The summed E-state index contributed by atoms with van der Waals surface area (Å²) >= 11 is 7.61.